The van der Waals surface area contributed by atoms with E-state index in [-0.39, 0.29) is 11.7 Å². The molecule has 0 aliphatic rings. The maximum absolute atomic E-state index is 11.3. The van der Waals surface area contributed by atoms with Crippen molar-refractivity contribution in [2.75, 3.05) is 0 Å². The van der Waals surface area contributed by atoms with Crippen LogP contribution in [0.2, 0.25) is 0 Å². The lowest BCUT2D eigenvalue weighted by Gasteiger charge is -2.14. The van der Waals surface area contributed by atoms with Gasteiger partial charge < -0.3 is 0 Å². The van der Waals surface area contributed by atoms with Crippen LogP contribution in [0.1, 0.15) is 17.2 Å². The topological polar surface area (TPSA) is 91.5 Å². The van der Waals surface area contributed by atoms with Gasteiger partial charge in [0.1, 0.15) is 0 Å². The summed E-state index contributed by atoms with van der Waals surface area (Å²) < 4.78 is 1.39. The fraction of sp³-hybridized carbons (Fsp3) is 0.231. The second-order valence-corrected chi connectivity index (χ2v) is 5.25. The molecule has 2 aromatic rings. The van der Waals surface area contributed by atoms with Gasteiger partial charge >= 0.3 is 11.1 Å². The zero-order valence-electron chi connectivity index (χ0n) is 10.7. The number of nitrogens with zero attached hydrogens (tertiary/aromatic N) is 3. The summed E-state index contributed by atoms with van der Waals surface area (Å²) in [7, 11) is 1.60. The third-order valence-corrected chi connectivity index (χ3v) is 3.94. The van der Waals surface area contributed by atoms with E-state index >= 15 is 0 Å². The number of hydrogen-bond donors (Lipinski definition) is 1. The van der Waals surface area contributed by atoms with Crippen LogP contribution < -0.4 is 11.1 Å². The number of thioether (sulfide) groups is 1. The summed E-state index contributed by atoms with van der Waals surface area (Å²) in [6.45, 7) is 0. The summed E-state index contributed by atoms with van der Waals surface area (Å²) in [4.78, 5) is 26.2. The molecule has 0 radical (unpaired) electrons. The van der Waals surface area contributed by atoms with Crippen LogP contribution in [0.3, 0.4) is 0 Å². The minimum atomic E-state index is -0.825. The van der Waals surface area contributed by atoms with Gasteiger partial charge in [-0.3, -0.25) is 19.4 Å². The first-order valence-corrected chi connectivity index (χ1v) is 6.75. The van der Waals surface area contributed by atoms with E-state index in [0.717, 1.165) is 5.56 Å². The average molecular weight is 288 g/mol. The Morgan fingerprint density at radius 1 is 1.40 bits per heavy atom. The highest BCUT2D eigenvalue weighted by Gasteiger charge is 2.16. The van der Waals surface area contributed by atoms with Gasteiger partial charge in [0, 0.05) is 7.05 Å². The lowest BCUT2D eigenvalue weighted by Crippen LogP contribution is -2.33. The molecule has 1 unspecified atom stereocenters. The lowest BCUT2D eigenvalue weighted by molar-refractivity contribution is 0.595. The van der Waals surface area contributed by atoms with E-state index in [1.54, 1.807) is 7.05 Å². The van der Waals surface area contributed by atoms with Crippen molar-refractivity contribution in [2.45, 2.75) is 16.8 Å². The third kappa shape index (κ3) is 3.16. The van der Waals surface area contributed by atoms with Crippen molar-refractivity contribution < 1.29 is 0 Å². The molecule has 7 heteroatoms. The Kier molecular flexibility index (Phi) is 4.38. The van der Waals surface area contributed by atoms with Gasteiger partial charge in [-0.25, -0.2) is 0 Å². The molecule has 102 valence electrons. The molecule has 0 saturated carbocycles. The highest BCUT2D eigenvalue weighted by Crippen LogP contribution is 2.35. The van der Waals surface area contributed by atoms with Crippen molar-refractivity contribution in [1.82, 2.24) is 14.8 Å². The summed E-state index contributed by atoms with van der Waals surface area (Å²) in [6, 6.07) is 11.6. The summed E-state index contributed by atoms with van der Waals surface area (Å²) >= 11 is 1.28. The molecule has 20 heavy (non-hydrogen) atoms. The molecule has 0 saturated heterocycles. The molecule has 0 bridgehead atoms. The molecule has 1 aromatic heterocycles. The van der Waals surface area contributed by atoms with Gasteiger partial charge in [-0.15, -0.1) is 0 Å². The van der Waals surface area contributed by atoms with Crippen LogP contribution in [0.25, 0.3) is 0 Å². The van der Waals surface area contributed by atoms with Gasteiger partial charge in [0.05, 0.1) is 17.7 Å². The Labute approximate surface area is 119 Å². The van der Waals surface area contributed by atoms with E-state index < -0.39 is 11.1 Å². The fourth-order valence-corrected chi connectivity index (χ4v) is 2.72. The fourth-order valence-electron chi connectivity index (χ4n) is 1.67. The quantitative estimate of drug-likeness (QED) is 0.674. The Bertz CT molecular complexity index is 745. The highest BCUT2D eigenvalue weighted by atomic mass is 32.2. The van der Waals surface area contributed by atoms with E-state index in [1.807, 2.05) is 30.3 Å². The number of rotatable bonds is 4. The molecule has 0 aliphatic carbocycles. The van der Waals surface area contributed by atoms with Gasteiger partial charge in [-0.2, -0.15) is 10.2 Å². The molecule has 0 aliphatic heterocycles. The standard InChI is InChI=1S/C13H12N4O2S/c1-17-13(15-11(18)12(19)16-17)20-10(7-8-14)9-5-3-2-4-6-9/h2-6,10H,7H2,1H3,(H,16,19). The number of nitriles is 1. The second kappa shape index (κ2) is 6.21. The Morgan fingerprint density at radius 2 is 2.10 bits per heavy atom. The summed E-state index contributed by atoms with van der Waals surface area (Å²) in [5.41, 5.74) is -0.609. The van der Waals surface area contributed by atoms with Gasteiger partial charge in [0.25, 0.3) is 0 Å². The number of benzene rings is 1. The monoisotopic (exact) mass is 288 g/mol. The van der Waals surface area contributed by atoms with Crippen LogP contribution >= 0.6 is 11.8 Å². The van der Waals surface area contributed by atoms with E-state index in [2.05, 4.69) is 16.2 Å². The van der Waals surface area contributed by atoms with E-state index in [4.69, 9.17) is 5.26 Å². The van der Waals surface area contributed by atoms with E-state index in [1.165, 1.54) is 16.4 Å². The smallest absolute Gasteiger partial charge is 0.265 e. The van der Waals surface area contributed by atoms with Crippen LogP contribution in [-0.2, 0) is 7.05 Å². The molecule has 1 N–H and O–H groups in total. The van der Waals surface area contributed by atoms with Gasteiger partial charge in [0.15, 0.2) is 5.16 Å². The van der Waals surface area contributed by atoms with Crippen molar-refractivity contribution in [2.24, 2.45) is 7.05 Å². The second-order valence-electron chi connectivity index (χ2n) is 4.08. The Hall–Kier alpha value is -2.33. The molecule has 0 spiro atoms. The Balaban J connectivity index is 2.35. The maximum Gasteiger partial charge on any atom is 0.339 e. The van der Waals surface area contributed by atoms with Gasteiger partial charge in [-0.05, 0) is 5.56 Å². The van der Waals surface area contributed by atoms with Crippen LogP contribution in [0, 0.1) is 11.3 Å². The molecule has 1 atom stereocenters. The molecular weight excluding hydrogens is 276 g/mol. The van der Waals surface area contributed by atoms with E-state index in [9.17, 15) is 9.59 Å². The first kappa shape index (κ1) is 14.1. The van der Waals surface area contributed by atoms with Gasteiger partial charge in [-0.1, -0.05) is 42.1 Å². The van der Waals surface area contributed by atoms with Crippen molar-refractivity contribution in [3.05, 3.63) is 56.6 Å². The SMILES string of the molecule is Cn1[nH]c(=O)c(=O)nc1SC(CC#N)c1ccccc1. The van der Waals surface area contributed by atoms with Crippen molar-refractivity contribution >= 4 is 11.8 Å². The molecular formula is C13H12N4O2S. The van der Waals surface area contributed by atoms with Crippen LogP contribution in [0.15, 0.2) is 45.1 Å². The predicted molar refractivity (Wildman–Crippen MR) is 75.4 cm³/mol. The maximum atomic E-state index is 11.3. The molecule has 0 amide bonds. The number of nitrogens with one attached hydrogen (secondary N) is 1. The number of hydrogen-bond acceptors (Lipinski definition) is 5. The molecule has 1 aromatic carbocycles. The first-order valence-electron chi connectivity index (χ1n) is 5.87. The zero-order chi connectivity index (χ0) is 14.5. The largest absolute Gasteiger partial charge is 0.339 e. The van der Waals surface area contributed by atoms with Crippen molar-refractivity contribution in [3.8, 4) is 6.07 Å². The number of aryl methyl sites for hydroxylation is 1. The zero-order valence-corrected chi connectivity index (χ0v) is 11.6. The minimum absolute atomic E-state index is 0.148. The molecule has 0 fully saturated rings. The average Bonchev–Trinajstić information content (AvgIpc) is 2.45. The normalized spacial score (nSPS) is 11.8. The van der Waals surface area contributed by atoms with Crippen molar-refractivity contribution in [3.63, 3.8) is 0 Å². The molecule has 2 rings (SSSR count). The number of aromatic nitrogens is 3. The van der Waals surface area contributed by atoms with Crippen LogP contribution in [-0.4, -0.2) is 14.8 Å². The number of aromatic amines is 1. The minimum Gasteiger partial charge on any atom is -0.265 e. The lowest BCUT2D eigenvalue weighted by atomic mass is 10.1. The molecule has 1 heterocycles. The summed E-state index contributed by atoms with van der Waals surface area (Å²) in [6.07, 6.45) is 0.281. The van der Waals surface area contributed by atoms with Crippen LogP contribution in [0.5, 0.6) is 0 Å². The van der Waals surface area contributed by atoms with E-state index in [0.29, 0.717) is 5.16 Å². The van der Waals surface area contributed by atoms with Crippen LogP contribution in [0.4, 0.5) is 0 Å². The van der Waals surface area contributed by atoms with Crippen molar-refractivity contribution in [1.29, 1.82) is 5.26 Å². The molecule has 6 nitrogen and oxygen atoms in total. The highest BCUT2D eigenvalue weighted by molar-refractivity contribution is 7.99. The third-order valence-electron chi connectivity index (χ3n) is 2.64. The first-order chi connectivity index (χ1) is 9.61. The Morgan fingerprint density at radius 3 is 2.75 bits per heavy atom. The van der Waals surface area contributed by atoms with Gasteiger partial charge in [0.2, 0.25) is 0 Å². The summed E-state index contributed by atoms with van der Waals surface area (Å²) in [5.74, 6) is 0. The number of H-pyrrole nitrogens is 1. The predicted octanol–water partition coefficient (Wildman–Crippen LogP) is 1.22. The summed E-state index contributed by atoms with van der Waals surface area (Å²) in [5, 5.41) is 11.5.